The van der Waals surface area contributed by atoms with E-state index in [9.17, 15) is 14.2 Å². The van der Waals surface area contributed by atoms with Crippen LogP contribution in [0.2, 0.25) is 0 Å². The largest absolute Gasteiger partial charge is 0.475 e. The molecule has 2 heterocycles. The number of phosphoric acid groups is 1. The van der Waals surface area contributed by atoms with Gasteiger partial charge in [0.25, 0.3) is 5.56 Å². The molecule has 178 valence electrons. The van der Waals surface area contributed by atoms with Crippen molar-refractivity contribution < 1.29 is 22.9 Å². The van der Waals surface area contributed by atoms with Crippen LogP contribution < -0.4 is 11.2 Å². The van der Waals surface area contributed by atoms with E-state index in [1.165, 1.54) is 10.8 Å². The molecule has 1 aliphatic heterocycles. The van der Waals surface area contributed by atoms with Gasteiger partial charge in [-0.15, -0.1) is 0 Å². The Labute approximate surface area is 196 Å². The number of hydrogen-bond donors (Lipinski definition) is 1. The Bertz CT molecular complexity index is 1240. The highest BCUT2D eigenvalue weighted by molar-refractivity contribution is 7.48. The zero-order valence-corrected chi connectivity index (χ0v) is 19.4. The van der Waals surface area contributed by atoms with Gasteiger partial charge in [-0.25, -0.2) is 9.36 Å². The average Bonchev–Trinajstić information content (AvgIpc) is 3.33. The van der Waals surface area contributed by atoms with Gasteiger partial charge < -0.3 is 4.74 Å². The van der Waals surface area contributed by atoms with Crippen LogP contribution >= 0.6 is 7.82 Å². The Kier molecular flexibility index (Phi) is 7.72. The molecule has 34 heavy (non-hydrogen) atoms. The van der Waals surface area contributed by atoms with E-state index in [-0.39, 0.29) is 19.8 Å². The summed E-state index contributed by atoms with van der Waals surface area (Å²) in [7, 11) is -3.95. The highest BCUT2D eigenvalue weighted by atomic mass is 31.2. The lowest BCUT2D eigenvalue weighted by atomic mass is 10.2. The van der Waals surface area contributed by atoms with Crippen LogP contribution in [0.1, 0.15) is 22.9 Å². The lowest BCUT2D eigenvalue weighted by Gasteiger charge is -2.21. The van der Waals surface area contributed by atoms with Gasteiger partial charge in [0.2, 0.25) is 0 Å². The van der Waals surface area contributed by atoms with Gasteiger partial charge in [-0.05, 0) is 24.1 Å². The second-order valence-corrected chi connectivity index (χ2v) is 9.36. The van der Waals surface area contributed by atoms with Gasteiger partial charge >= 0.3 is 13.5 Å². The lowest BCUT2D eigenvalue weighted by Crippen LogP contribution is -2.33. The molecule has 1 aromatic heterocycles. The van der Waals surface area contributed by atoms with E-state index in [0.717, 1.165) is 11.1 Å². The first-order valence-corrected chi connectivity index (χ1v) is 12.2. The lowest BCUT2D eigenvalue weighted by molar-refractivity contribution is -0.0159. The van der Waals surface area contributed by atoms with Gasteiger partial charge in [0.05, 0.1) is 19.8 Å². The molecule has 0 spiro atoms. The molecule has 1 N–H and O–H groups in total. The SMILES string of the molecule is Cc1cn([C@H]2C=C[C@@H](COP(=O)(OCc3ccccc3)OCc3ccccc3)O2)c(=O)[nH]c1=O. The first-order valence-electron chi connectivity index (χ1n) is 10.7. The third-order valence-corrected chi connectivity index (χ3v) is 6.44. The van der Waals surface area contributed by atoms with Crippen molar-refractivity contribution in [2.75, 3.05) is 6.61 Å². The van der Waals surface area contributed by atoms with Crippen molar-refractivity contribution in [1.82, 2.24) is 9.55 Å². The summed E-state index contributed by atoms with van der Waals surface area (Å²) >= 11 is 0. The van der Waals surface area contributed by atoms with Crippen molar-refractivity contribution in [3.63, 3.8) is 0 Å². The predicted octanol–water partition coefficient (Wildman–Crippen LogP) is 3.86. The molecule has 0 saturated heterocycles. The number of nitrogens with zero attached hydrogens (tertiary/aromatic N) is 1. The van der Waals surface area contributed by atoms with E-state index >= 15 is 0 Å². The molecule has 2 atom stereocenters. The number of phosphoric ester groups is 1. The topological polar surface area (TPSA) is 109 Å². The van der Waals surface area contributed by atoms with Crippen molar-refractivity contribution in [3.8, 4) is 0 Å². The minimum absolute atomic E-state index is 0.0446. The smallest absolute Gasteiger partial charge is 0.344 e. The van der Waals surface area contributed by atoms with Crippen LogP contribution in [0.5, 0.6) is 0 Å². The number of ether oxygens (including phenoxy) is 1. The highest BCUT2D eigenvalue weighted by Crippen LogP contribution is 2.51. The Morgan fingerprint density at radius 2 is 1.50 bits per heavy atom. The molecule has 0 bridgehead atoms. The van der Waals surface area contributed by atoms with Crippen molar-refractivity contribution in [1.29, 1.82) is 0 Å². The monoisotopic (exact) mass is 484 g/mol. The standard InChI is InChI=1S/C24H25N2O7P/c1-18-14-26(24(28)25-23(18)27)22-13-12-21(33-22)17-32-34(29,30-15-19-8-4-2-5-9-19)31-16-20-10-6-3-7-11-20/h2-14,21-22H,15-17H2,1H3,(H,25,27,28)/t21-,22+/m0/s1. The third-order valence-electron chi connectivity index (χ3n) is 5.09. The molecule has 0 unspecified atom stereocenters. The Hall–Kier alpha value is -3.07. The van der Waals surface area contributed by atoms with Crippen LogP contribution in [-0.2, 0) is 36.1 Å². The first kappa shape index (κ1) is 24.1. The second-order valence-electron chi connectivity index (χ2n) is 7.69. The Balaban J connectivity index is 1.40. The summed E-state index contributed by atoms with van der Waals surface area (Å²) in [4.78, 5) is 26.0. The Morgan fingerprint density at radius 3 is 2.09 bits per heavy atom. The van der Waals surface area contributed by atoms with E-state index < -0.39 is 31.4 Å². The maximum Gasteiger partial charge on any atom is 0.475 e. The molecule has 0 saturated carbocycles. The minimum atomic E-state index is -3.95. The second kappa shape index (κ2) is 10.9. The fourth-order valence-corrected chi connectivity index (χ4v) is 4.42. The Morgan fingerprint density at radius 1 is 0.912 bits per heavy atom. The van der Waals surface area contributed by atoms with Crippen molar-refractivity contribution in [3.05, 3.63) is 117 Å². The minimum Gasteiger partial charge on any atom is -0.344 e. The summed E-state index contributed by atoms with van der Waals surface area (Å²) in [5.74, 6) is 0. The fourth-order valence-electron chi connectivity index (χ4n) is 3.25. The summed E-state index contributed by atoms with van der Waals surface area (Å²) in [5.41, 5.74) is 0.980. The molecular weight excluding hydrogens is 459 g/mol. The molecule has 0 amide bonds. The van der Waals surface area contributed by atoms with Gasteiger partial charge in [0.15, 0.2) is 6.23 Å². The molecule has 9 nitrogen and oxygen atoms in total. The average molecular weight is 484 g/mol. The number of aryl methyl sites for hydroxylation is 1. The third kappa shape index (κ3) is 6.28. The van der Waals surface area contributed by atoms with Crippen LogP contribution in [0.15, 0.2) is 88.6 Å². The van der Waals surface area contributed by atoms with Gasteiger partial charge in [-0.3, -0.25) is 27.9 Å². The van der Waals surface area contributed by atoms with Gasteiger partial charge in [-0.2, -0.15) is 0 Å². The summed E-state index contributed by atoms with van der Waals surface area (Å²) in [6, 6.07) is 18.6. The molecule has 0 radical (unpaired) electrons. The zero-order valence-electron chi connectivity index (χ0n) is 18.5. The van der Waals surface area contributed by atoms with Gasteiger partial charge in [0.1, 0.15) is 6.10 Å². The maximum absolute atomic E-state index is 13.4. The fraction of sp³-hybridized carbons (Fsp3) is 0.250. The summed E-state index contributed by atoms with van der Waals surface area (Å²) in [6.07, 6.45) is 3.45. The highest BCUT2D eigenvalue weighted by Gasteiger charge is 2.31. The summed E-state index contributed by atoms with van der Waals surface area (Å²) in [5, 5.41) is 0. The van der Waals surface area contributed by atoms with Crippen molar-refractivity contribution >= 4 is 7.82 Å². The number of nitrogens with one attached hydrogen (secondary N) is 1. The summed E-state index contributed by atoms with van der Waals surface area (Å²) in [6.45, 7) is 1.56. The van der Waals surface area contributed by atoms with Crippen LogP contribution in [-0.4, -0.2) is 22.3 Å². The molecule has 3 aromatic rings. The number of benzene rings is 2. The molecular formula is C24H25N2O7P. The normalized spacial score (nSPS) is 17.8. The van der Waals surface area contributed by atoms with E-state index in [1.807, 2.05) is 60.7 Å². The molecule has 10 heteroatoms. The number of hydrogen-bond acceptors (Lipinski definition) is 7. The van der Waals surface area contributed by atoms with Crippen LogP contribution in [0.4, 0.5) is 0 Å². The molecule has 0 fully saturated rings. The van der Waals surface area contributed by atoms with Crippen molar-refractivity contribution in [2.24, 2.45) is 0 Å². The zero-order chi connectivity index (χ0) is 24.0. The number of H-pyrrole nitrogens is 1. The summed E-state index contributed by atoms with van der Waals surface area (Å²) < 4.78 is 37.2. The van der Waals surface area contributed by atoms with E-state index in [2.05, 4.69) is 4.98 Å². The van der Waals surface area contributed by atoms with E-state index in [0.29, 0.717) is 5.56 Å². The van der Waals surface area contributed by atoms with Gasteiger partial charge in [-0.1, -0.05) is 66.7 Å². The van der Waals surface area contributed by atoms with E-state index in [4.69, 9.17) is 18.3 Å². The maximum atomic E-state index is 13.4. The molecule has 1 aliphatic rings. The molecule has 2 aromatic carbocycles. The van der Waals surface area contributed by atoms with Gasteiger partial charge in [0, 0.05) is 11.8 Å². The first-order chi connectivity index (χ1) is 16.4. The number of rotatable bonds is 10. The van der Waals surface area contributed by atoms with Crippen LogP contribution in [0.3, 0.4) is 0 Å². The van der Waals surface area contributed by atoms with Crippen molar-refractivity contribution in [2.45, 2.75) is 32.5 Å². The predicted molar refractivity (Wildman–Crippen MR) is 125 cm³/mol. The molecule has 0 aliphatic carbocycles. The molecule has 4 rings (SSSR count). The quantitative estimate of drug-likeness (QED) is 0.344. The number of aromatic amines is 1. The van der Waals surface area contributed by atoms with E-state index in [1.54, 1.807) is 19.1 Å². The van der Waals surface area contributed by atoms with Crippen LogP contribution in [0, 0.1) is 6.92 Å². The van der Waals surface area contributed by atoms with Crippen LogP contribution in [0.25, 0.3) is 0 Å². The number of aromatic nitrogens is 2.